The maximum absolute atomic E-state index is 11.2. The molecule has 0 saturated heterocycles. The van der Waals surface area contributed by atoms with Crippen molar-refractivity contribution < 1.29 is 13.9 Å². The third-order valence-electron chi connectivity index (χ3n) is 2.15. The number of oxazole rings is 1. The van der Waals surface area contributed by atoms with Gasteiger partial charge in [0.25, 0.3) is 0 Å². The molecular weight excluding hydrogens is 220 g/mol. The van der Waals surface area contributed by atoms with Gasteiger partial charge in [0.2, 0.25) is 5.89 Å². The van der Waals surface area contributed by atoms with E-state index >= 15 is 0 Å². The van der Waals surface area contributed by atoms with Gasteiger partial charge >= 0.3 is 5.97 Å². The van der Waals surface area contributed by atoms with Crippen molar-refractivity contribution >= 4 is 22.8 Å². The van der Waals surface area contributed by atoms with E-state index in [4.69, 9.17) is 15.7 Å². The number of hydrogen-bond donors (Lipinski definition) is 0. The van der Waals surface area contributed by atoms with Crippen molar-refractivity contribution in [2.24, 2.45) is 0 Å². The normalized spacial score (nSPS) is 10.1. The fraction of sp³-hybridized carbons (Fsp3) is 0.250. The Kier molecular flexibility index (Phi) is 3.06. The molecule has 0 aliphatic rings. The quantitative estimate of drug-likeness (QED) is 0.600. The van der Waals surface area contributed by atoms with E-state index in [1.807, 2.05) is 0 Å². The standard InChI is InChI=1S/C12H10N2O3/c1-3-16-12(15)7-11-14-9-5-4-8(13-2)6-10(9)17-11/h4-6H,3,7H2,1H3. The lowest BCUT2D eigenvalue weighted by atomic mass is 10.3. The summed E-state index contributed by atoms with van der Waals surface area (Å²) < 4.78 is 10.2. The van der Waals surface area contributed by atoms with E-state index in [-0.39, 0.29) is 12.4 Å². The van der Waals surface area contributed by atoms with Gasteiger partial charge in [-0.1, -0.05) is 6.07 Å². The molecule has 0 aliphatic heterocycles. The topological polar surface area (TPSA) is 56.7 Å². The summed E-state index contributed by atoms with van der Waals surface area (Å²) in [6.45, 7) is 8.96. The number of fused-ring (bicyclic) bond motifs is 1. The largest absolute Gasteiger partial charge is 0.466 e. The Morgan fingerprint density at radius 2 is 2.41 bits per heavy atom. The number of aromatic nitrogens is 1. The summed E-state index contributed by atoms with van der Waals surface area (Å²) in [5, 5.41) is 0. The molecule has 0 spiro atoms. The van der Waals surface area contributed by atoms with Crippen LogP contribution in [0.15, 0.2) is 22.6 Å². The molecule has 0 bridgehead atoms. The first-order valence-corrected chi connectivity index (χ1v) is 5.15. The fourth-order valence-electron chi connectivity index (χ4n) is 1.44. The van der Waals surface area contributed by atoms with Gasteiger partial charge in [0.05, 0.1) is 13.2 Å². The highest BCUT2D eigenvalue weighted by atomic mass is 16.5. The van der Waals surface area contributed by atoms with E-state index in [0.717, 1.165) is 0 Å². The van der Waals surface area contributed by atoms with Gasteiger partial charge in [-0.3, -0.25) is 4.79 Å². The second-order valence-corrected chi connectivity index (χ2v) is 3.35. The van der Waals surface area contributed by atoms with Crippen LogP contribution < -0.4 is 0 Å². The number of ether oxygens (including phenoxy) is 1. The number of nitrogens with zero attached hydrogens (tertiary/aromatic N) is 2. The van der Waals surface area contributed by atoms with Crippen molar-refractivity contribution in [1.82, 2.24) is 4.98 Å². The molecule has 0 amide bonds. The van der Waals surface area contributed by atoms with Gasteiger partial charge in [0.15, 0.2) is 5.69 Å². The predicted molar refractivity (Wildman–Crippen MR) is 60.6 cm³/mol. The van der Waals surface area contributed by atoms with E-state index in [9.17, 15) is 4.79 Å². The maximum atomic E-state index is 11.2. The van der Waals surface area contributed by atoms with Crippen LogP contribution in [-0.2, 0) is 16.0 Å². The smallest absolute Gasteiger partial charge is 0.315 e. The summed E-state index contributed by atoms with van der Waals surface area (Å²) in [7, 11) is 0. The molecule has 2 rings (SSSR count). The third-order valence-corrected chi connectivity index (χ3v) is 2.15. The molecule has 0 radical (unpaired) electrons. The summed E-state index contributed by atoms with van der Waals surface area (Å²) in [6.07, 6.45) is 0.00979. The molecule has 1 heterocycles. The monoisotopic (exact) mass is 230 g/mol. The summed E-state index contributed by atoms with van der Waals surface area (Å²) in [4.78, 5) is 18.7. The number of carbonyl (C=O) groups is 1. The Labute approximate surface area is 97.8 Å². The van der Waals surface area contributed by atoms with Crippen LogP contribution in [0, 0.1) is 6.57 Å². The number of esters is 1. The average molecular weight is 230 g/mol. The Balaban J connectivity index is 2.26. The van der Waals surface area contributed by atoms with Crippen LogP contribution in [0.2, 0.25) is 0 Å². The van der Waals surface area contributed by atoms with Crippen molar-refractivity contribution in [1.29, 1.82) is 0 Å². The van der Waals surface area contributed by atoms with Crippen LogP contribution in [0.3, 0.4) is 0 Å². The number of rotatable bonds is 3. The van der Waals surface area contributed by atoms with Crippen molar-refractivity contribution in [3.63, 3.8) is 0 Å². The lowest BCUT2D eigenvalue weighted by Crippen LogP contribution is -2.07. The second-order valence-electron chi connectivity index (χ2n) is 3.35. The first kappa shape index (κ1) is 11.1. The lowest BCUT2D eigenvalue weighted by Gasteiger charge is -1.96. The highest BCUT2D eigenvalue weighted by Gasteiger charge is 2.11. The van der Waals surface area contributed by atoms with Crippen LogP contribution in [0.25, 0.3) is 15.9 Å². The molecule has 0 aliphatic carbocycles. The average Bonchev–Trinajstić information content (AvgIpc) is 2.69. The Morgan fingerprint density at radius 3 is 3.12 bits per heavy atom. The maximum Gasteiger partial charge on any atom is 0.315 e. The Morgan fingerprint density at radius 1 is 1.59 bits per heavy atom. The van der Waals surface area contributed by atoms with Gasteiger partial charge < -0.3 is 9.15 Å². The molecule has 17 heavy (non-hydrogen) atoms. The minimum atomic E-state index is -0.371. The lowest BCUT2D eigenvalue weighted by molar-refractivity contribution is -0.142. The van der Waals surface area contributed by atoms with Crippen molar-refractivity contribution in [2.75, 3.05) is 6.61 Å². The minimum absolute atomic E-state index is 0.00979. The van der Waals surface area contributed by atoms with Crippen LogP contribution in [0.4, 0.5) is 5.69 Å². The summed E-state index contributed by atoms with van der Waals surface area (Å²) >= 11 is 0. The summed E-state index contributed by atoms with van der Waals surface area (Å²) in [6, 6.07) is 4.96. The first-order valence-electron chi connectivity index (χ1n) is 5.15. The van der Waals surface area contributed by atoms with E-state index in [1.54, 1.807) is 25.1 Å². The number of hydrogen-bond acceptors (Lipinski definition) is 4. The second kappa shape index (κ2) is 4.66. The molecule has 5 heteroatoms. The van der Waals surface area contributed by atoms with E-state index in [1.165, 1.54) is 0 Å². The highest BCUT2D eigenvalue weighted by molar-refractivity contribution is 5.78. The Bertz CT molecular complexity index is 595. The molecule has 1 aromatic heterocycles. The molecule has 0 saturated carbocycles. The minimum Gasteiger partial charge on any atom is -0.466 e. The third kappa shape index (κ3) is 2.42. The highest BCUT2D eigenvalue weighted by Crippen LogP contribution is 2.22. The van der Waals surface area contributed by atoms with Crippen LogP contribution in [0.5, 0.6) is 0 Å². The van der Waals surface area contributed by atoms with Crippen LogP contribution in [0.1, 0.15) is 12.8 Å². The van der Waals surface area contributed by atoms with Crippen LogP contribution in [-0.4, -0.2) is 17.6 Å². The summed E-state index contributed by atoms with van der Waals surface area (Å²) in [5.74, 6) is -0.0648. The molecule has 5 nitrogen and oxygen atoms in total. The van der Waals surface area contributed by atoms with Crippen molar-refractivity contribution in [2.45, 2.75) is 13.3 Å². The molecule has 0 atom stereocenters. The van der Waals surface area contributed by atoms with Crippen LogP contribution >= 0.6 is 0 Å². The molecule has 0 fully saturated rings. The van der Waals surface area contributed by atoms with E-state index in [0.29, 0.717) is 29.3 Å². The zero-order valence-electron chi connectivity index (χ0n) is 9.27. The predicted octanol–water partition coefficient (Wildman–Crippen LogP) is 2.48. The molecular formula is C12H10N2O3. The molecule has 0 N–H and O–H groups in total. The van der Waals surface area contributed by atoms with Gasteiger partial charge in [-0.25, -0.2) is 9.83 Å². The van der Waals surface area contributed by atoms with Crippen molar-refractivity contribution in [3.8, 4) is 0 Å². The van der Waals surface area contributed by atoms with Crippen molar-refractivity contribution in [3.05, 3.63) is 35.5 Å². The van der Waals surface area contributed by atoms with Gasteiger partial charge in [-0.2, -0.15) is 0 Å². The zero-order valence-corrected chi connectivity index (χ0v) is 9.27. The van der Waals surface area contributed by atoms with E-state index < -0.39 is 0 Å². The van der Waals surface area contributed by atoms with Gasteiger partial charge in [0.1, 0.15) is 17.5 Å². The van der Waals surface area contributed by atoms with Gasteiger partial charge in [-0.15, -0.1) is 0 Å². The first-order chi connectivity index (χ1) is 8.22. The number of carbonyl (C=O) groups excluding carboxylic acids is 1. The molecule has 86 valence electrons. The summed E-state index contributed by atoms with van der Waals surface area (Å²) in [5.41, 5.74) is 1.63. The molecule has 1 aromatic carbocycles. The zero-order chi connectivity index (χ0) is 12.3. The number of benzene rings is 1. The van der Waals surface area contributed by atoms with Gasteiger partial charge in [-0.05, 0) is 19.1 Å². The fourth-order valence-corrected chi connectivity index (χ4v) is 1.44. The molecule has 2 aromatic rings. The Hall–Kier alpha value is -2.35. The van der Waals surface area contributed by atoms with Gasteiger partial charge in [0, 0.05) is 0 Å². The SMILES string of the molecule is [C-]#[N+]c1ccc2nc(CC(=O)OCC)oc2c1. The van der Waals surface area contributed by atoms with E-state index in [2.05, 4.69) is 9.83 Å². The molecule has 0 unspecified atom stereocenters.